The average molecular weight is 531 g/mol. The summed E-state index contributed by atoms with van der Waals surface area (Å²) in [7, 11) is -2.54. The Morgan fingerprint density at radius 2 is 1.68 bits per heavy atom. The van der Waals surface area contributed by atoms with E-state index in [1.54, 1.807) is 48.7 Å². The number of hydrogen-bond acceptors (Lipinski definition) is 5. The number of carbonyl (C=O) groups is 1. The molecule has 0 saturated carbocycles. The number of aromatic nitrogens is 1. The predicted molar refractivity (Wildman–Crippen MR) is 150 cm³/mol. The van der Waals surface area contributed by atoms with Gasteiger partial charge in [0.1, 0.15) is 12.3 Å². The third kappa shape index (κ3) is 5.63. The molecule has 1 aromatic heterocycles. The van der Waals surface area contributed by atoms with Crippen molar-refractivity contribution < 1.29 is 17.9 Å². The molecule has 0 unspecified atom stereocenters. The first-order valence-corrected chi connectivity index (χ1v) is 13.4. The van der Waals surface area contributed by atoms with Crippen LogP contribution >= 0.6 is 0 Å². The van der Waals surface area contributed by atoms with E-state index >= 15 is 0 Å². The molecule has 0 aliphatic carbocycles. The molecule has 4 rings (SSSR count). The first kappa shape index (κ1) is 26.7. The van der Waals surface area contributed by atoms with Gasteiger partial charge in [-0.2, -0.15) is 5.10 Å². The van der Waals surface area contributed by atoms with Gasteiger partial charge >= 0.3 is 0 Å². The van der Waals surface area contributed by atoms with E-state index in [1.807, 2.05) is 32.0 Å². The van der Waals surface area contributed by atoms with E-state index in [1.165, 1.54) is 19.2 Å². The van der Waals surface area contributed by atoms with Crippen LogP contribution in [0.3, 0.4) is 0 Å². The second-order valence-electron chi connectivity index (χ2n) is 8.77. The van der Waals surface area contributed by atoms with Gasteiger partial charge in [0.25, 0.3) is 15.9 Å². The maximum atomic E-state index is 13.5. The summed E-state index contributed by atoms with van der Waals surface area (Å²) in [5.41, 5.74) is 7.83. The highest BCUT2D eigenvalue weighted by atomic mass is 32.2. The van der Waals surface area contributed by atoms with E-state index in [4.69, 9.17) is 4.74 Å². The van der Waals surface area contributed by atoms with Gasteiger partial charge in [-0.1, -0.05) is 42.5 Å². The number of amides is 1. The van der Waals surface area contributed by atoms with Crippen molar-refractivity contribution in [2.45, 2.75) is 25.7 Å². The molecule has 0 radical (unpaired) electrons. The molecule has 0 aliphatic rings. The SMILES string of the molecule is COc1cccc(N(CC(=O)N/N=C\c2cc(C)n(-c3ccccc3C)c2C)S(=O)(=O)c2ccccc2)c1. The number of hydrazone groups is 1. The summed E-state index contributed by atoms with van der Waals surface area (Å²) >= 11 is 0. The fraction of sp³-hybridized carbons (Fsp3) is 0.172. The largest absolute Gasteiger partial charge is 0.497 e. The molecule has 1 amide bonds. The topological polar surface area (TPSA) is 93.0 Å². The zero-order valence-electron chi connectivity index (χ0n) is 21.8. The lowest BCUT2D eigenvalue weighted by atomic mass is 10.2. The Morgan fingerprint density at radius 1 is 0.974 bits per heavy atom. The molecule has 1 N–H and O–H groups in total. The van der Waals surface area contributed by atoms with Crippen LogP contribution in [0.5, 0.6) is 5.75 Å². The molecular weight excluding hydrogens is 500 g/mol. The molecule has 0 atom stereocenters. The molecule has 0 fully saturated rings. The number of para-hydroxylation sites is 1. The minimum atomic E-state index is -4.03. The number of rotatable bonds is 9. The Balaban J connectivity index is 1.57. The van der Waals surface area contributed by atoms with E-state index in [0.717, 1.165) is 32.5 Å². The number of methoxy groups -OCH3 is 1. The monoisotopic (exact) mass is 530 g/mol. The Labute approximate surface area is 223 Å². The van der Waals surface area contributed by atoms with Gasteiger partial charge in [-0.25, -0.2) is 13.8 Å². The third-order valence-electron chi connectivity index (χ3n) is 6.18. The summed E-state index contributed by atoms with van der Waals surface area (Å²) in [4.78, 5) is 13.0. The fourth-order valence-corrected chi connectivity index (χ4v) is 5.68. The minimum Gasteiger partial charge on any atom is -0.497 e. The van der Waals surface area contributed by atoms with Crippen molar-refractivity contribution in [1.82, 2.24) is 9.99 Å². The Kier molecular flexibility index (Phi) is 7.97. The molecule has 0 spiro atoms. The standard InChI is InChI=1S/C29H30N4O4S/c1-21-11-8-9-16-28(21)33-22(2)17-24(23(33)3)19-30-31-29(34)20-32(25-12-10-13-26(18-25)37-4)38(35,36)27-14-6-5-7-15-27/h5-19H,20H2,1-4H3,(H,31,34)/b30-19-. The molecule has 0 bridgehead atoms. The van der Waals surface area contributed by atoms with Crippen LogP contribution in [-0.4, -0.2) is 38.8 Å². The smallest absolute Gasteiger partial charge is 0.264 e. The number of anilines is 1. The summed E-state index contributed by atoms with van der Waals surface area (Å²) in [6.07, 6.45) is 1.57. The number of hydrogen-bond donors (Lipinski definition) is 1. The Bertz CT molecular complexity index is 1580. The first-order valence-electron chi connectivity index (χ1n) is 12.0. The van der Waals surface area contributed by atoms with Crippen LogP contribution in [0.1, 0.15) is 22.5 Å². The molecule has 8 nitrogen and oxygen atoms in total. The lowest BCUT2D eigenvalue weighted by Crippen LogP contribution is -2.39. The van der Waals surface area contributed by atoms with Crippen LogP contribution in [0.15, 0.2) is 94.9 Å². The second kappa shape index (κ2) is 11.4. The minimum absolute atomic E-state index is 0.0720. The highest BCUT2D eigenvalue weighted by Crippen LogP contribution is 2.27. The van der Waals surface area contributed by atoms with Crippen molar-refractivity contribution in [3.63, 3.8) is 0 Å². The quantitative estimate of drug-likeness (QED) is 0.250. The number of benzene rings is 3. The van der Waals surface area contributed by atoms with Crippen LogP contribution in [0, 0.1) is 20.8 Å². The van der Waals surface area contributed by atoms with Gasteiger partial charge in [0.15, 0.2) is 0 Å². The van der Waals surface area contributed by atoms with Gasteiger partial charge in [0.2, 0.25) is 0 Å². The van der Waals surface area contributed by atoms with Crippen molar-refractivity contribution in [3.05, 3.63) is 107 Å². The zero-order valence-corrected chi connectivity index (χ0v) is 22.6. The molecule has 3 aromatic carbocycles. The third-order valence-corrected chi connectivity index (χ3v) is 7.97. The van der Waals surface area contributed by atoms with Crippen LogP contribution in [0.25, 0.3) is 5.69 Å². The summed E-state index contributed by atoms with van der Waals surface area (Å²) in [6.45, 7) is 5.58. The molecule has 38 heavy (non-hydrogen) atoms. The van der Waals surface area contributed by atoms with Crippen molar-refractivity contribution in [2.75, 3.05) is 18.0 Å². The van der Waals surface area contributed by atoms with Crippen LogP contribution in [0.4, 0.5) is 5.69 Å². The first-order chi connectivity index (χ1) is 18.2. The van der Waals surface area contributed by atoms with Gasteiger partial charge in [0.05, 0.1) is 23.9 Å². The van der Waals surface area contributed by atoms with Gasteiger partial charge in [0, 0.05) is 28.7 Å². The molecule has 9 heteroatoms. The molecule has 1 heterocycles. The highest BCUT2D eigenvalue weighted by Gasteiger charge is 2.27. The Hall–Kier alpha value is -4.37. The van der Waals surface area contributed by atoms with Crippen molar-refractivity contribution in [2.24, 2.45) is 5.10 Å². The van der Waals surface area contributed by atoms with Gasteiger partial charge in [-0.3, -0.25) is 9.10 Å². The number of carbonyl (C=O) groups excluding carboxylic acids is 1. The maximum Gasteiger partial charge on any atom is 0.264 e. The summed E-state index contributed by atoms with van der Waals surface area (Å²) < 4.78 is 35.4. The van der Waals surface area contributed by atoms with E-state index in [-0.39, 0.29) is 4.90 Å². The zero-order chi connectivity index (χ0) is 27.3. The summed E-state index contributed by atoms with van der Waals surface area (Å²) in [5, 5.41) is 4.12. The van der Waals surface area contributed by atoms with E-state index in [0.29, 0.717) is 11.4 Å². The molecule has 0 aliphatic heterocycles. The highest BCUT2D eigenvalue weighted by molar-refractivity contribution is 7.92. The van der Waals surface area contributed by atoms with E-state index < -0.39 is 22.5 Å². The number of sulfonamides is 1. The Morgan fingerprint density at radius 3 is 2.39 bits per heavy atom. The lowest BCUT2D eigenvalue weighted by Gasteiger charge is -2.24. The maximum absolute atomic E-state index is 13.5. The van der Waals surface area contributed by atoms with Gasteiger partial charge in [-0.05, 0) is 62.7 Å². The number of nitrogens with one attached hydrogen (secondary N) is 1. The van der Waals surface area contributed by atoms with Gasteiger partial charge < -0.3 is 9.30 Å². The number of ether oxygens (including phenoxy) is 1. The summed E-state index contributed by atoms with van der Waals surface area (Å²) in [6, 6.07) is 24.6. The van der Waals surface area contributed by atoms with Crippen molar-refractivity contribution in [3.8, 4) is 11.4 Å². The van der Waals surface area contributed by atoms with Crippen molar-refractivity contribution >= 4 is 27.8 Å². The molecule has 196 valence electrons. The van der Waals surface area contributed by atoms with Crippen LogP contribution in [-0.2, 0) is 14.8 Å². The normalized spacial score (nSPS) is 11.5. The molecule has 4 aromatic rings. The number of nitrogens with zero attached hydrogens (tertiary/aromatic N) is 3. The van der Waals surface area contributed by atoms with Gasteiger partial charge in [-0.15, -0.1) is 0 Å². The number of aryl methyl sites for hydroxylation is 2. The van der Waals surface area contributed by atoms with E-state index in [9.17, 15) is 13.2 Å². The predicted octanol–water partition coefficient (Wildman–Crippen LogP) is 4.76. The van der Waals surface area contributed by atoms with Crippen LogP contribution in [0.2, 0.25) is 0 Å². The van der Waals surface area contributed by atoms with Crippen molar-refractivity contribution in [1.29, 1.82) is 0 Å². The fourth-order valence-electron chi connectivity index (χ4n) is 4.24. The molecular formula is C29H30N4O4S. The second-order valence-corrected chi connectivity index (χ2v) is 10.6. The van der Waals surface area contributed by atoms with E-state index in [2.05, 4.69) is 34.2 Å². The molecule has 0 saturated heterocycles. The van der Waals surface area contributed by atoms with Crippen LogP contribution < -0.4 is 14.5 Å². The summed E-state index contributed by atoms with van der Waals surface area (Å²) in [5.74, 6) is -0.116. The average Bonchev–Trinajstić information content (AvgIpc) is 3.20. The lowest BCUT2D eigenvalue weighted by molar-refractivity contribution is -0.119.